The lowest BCUT2D eigenvalue weighted by Crippen LogP contribution is -2.41. The molecule has 0 N–H and O–H groups in total. The Morgan fingerprint density at radius 1 is 1.22 bits per heavy atom. The number of sulfonamides is 1. The summed E-state index contributed by atoms with van der Waals surface area (Å²) in [5, 5.41) is 0. The Hall–Kier alpha value is -0.660. The number of carbonyl (C=O) groups excluding carboxylic acids is 1. The van der Waals surface area contributed by atoms with Crippen molar-refractivity contribution in [3.8, 4) is 0 Å². The summed E-state index contributed by atoms with van der Waals surface area (Å²) in [7, 11) is -2.20. The first-order chi connectivity index (χ1) is 8.46. The number of hydrogen-bond acceptors (Lipinski definition) is 5. The molecule has 0 unspecified atom stereocenters. The van der Waals surface area contributed by atoms with Gasteiger partial charge in [0.2, 0.25) is 0 Å². The molecular weight excluding hydrogens is 258 g/mol. The number of carbonyl (C=O) groups is 1. The molecule has 0 aromatic heterocycles. The molecule has 6 nitrogen and oxygen atoms in total. The highest BCUT2D eigenvalue weighted by Gasteiger charge is 2.32. The van der Waals surface area contributed by atoms with Crippen molar-refractivity contribution in [3.05, 3.63) is 0 Å². The molecule has 1 aliphatic carbocycles. The van der Waals surface area contributed by atoms with Gasteiger partial charge in [-0.25, -0.2) is 8.42 Å². The van der Waals surface area contributed by atoms with Gasteiger partial charge in [-0.2, -0.15) is 0 Å². The standard InChI is InChI=1S/C11H21NO5S/c1-16-8-9-17-12(18(2,14)15)11(13)10-6-4-3-5-7-10/h10H,3-9H2,1-2H3. The third kappa shape index (κ3) is 4.55. The number of nitrogens with zero attached hydrogens (tertiary/aromatic N) is 1. The molecule has 0 saturated heterocycles. The van der Waals surface area contributed by atoms with Gasteiger partial charge in [-0.3, -0.25) is 9.63 Å². The molecule has 106 valence electrons. The number of amides is 1. The first kappa shape index (κ1) is 15.4. The average molecular weight is 279 g/mol. The summed E-state index contributed by atoms with van der Waals surface area (Å²) in [6, 6.07) is 0. The lowest BCUT2D eigenvalue weighted by Gasteiger charge is -2.26. The van der Waals surface area contributed by atoms with Crippen LogP contribution in [0.2, 0.25) is 0 Å². The highest BCUT2D eigenvalue weighted by molar-refractivity contribution is 7.88. The maximum absolute atomic E-state index is 12.1. The van der Waals surface area contributed by atoms with E-state index in [1.807, 2.05) is 0 Å². The number of rotatable bonds is 6. The second kappa shape index (κ2) is 7.06. The van der Waals surface area contributed by atoms with Gasteiger partial charge in [0.05, 0.1) is 19.5 Å². The Bertz CT molecular complexity index is 362. The van der Waals surface area contributed by atoms with E-state index in [4.69, 9.17) is 9.57 Å². The van der Waals surface area contributed by atoms with Crippen LogP contribution < -0.4 is 0 Å². The van der Waals surface area contributed by atoms with Gasteiger partial charge in [0, 0.05) is 13.0 Å². The Morgan fingerprint density at radius 3 is 2.33 bits per heavy atom. The monoisotopic (exact) mass is 279 g/mol. The van der Waals surface area contributed by atoms with E-state index in [0.717, 1.165) is 38.4 Å². The van der Waals surface area contributed by atoms with Crippen molar-refractivity contribution in [2.75, 3.05) is 26.6 Å². The van der Waals surface area contributed by atoms with Crippen molar-refractivity contribution < 1.29 is 22.8 Å². The molecular formula is C11H21NO5S. The Balaban J connectivity index is 2.66. The zero-order valence-electron chi connectivity index (χ0n) is 10.9. The van der Waals surface area contributed by atoms with E-state index < -0.39 is 15.9 Å². The fourth-order valence-electron chi connectivity index (χ4n) is 2.02. The zero-order chi connectivity index (χ0) is 13.6. The molecule has 1 fully saturated rings. The van der Waals surface area contributed by atoms with E-state index in [9.17, 15) is 13.2 Å². The molecule has 0 heterocycles. The van der Waals surface area contributed by atoms with Crippen LogP contribution in [-0.4, -0.2) is 45.4 Å². The van der Waals surface area contributed by atoms with E-state index in [2.05, 4.69) is 0 Å². The molecule has 0 aromatic carbocycles. The van der Waals surface area contributed by atoms with Gasteiger partial charge >= 0.3 is 0 Å². The van der Waals surface area contributed by atoms with Gasteiger partial charge in [-0.1, -0.05) is 19.3 Å². The van der Waals surface area contributed by atoms with Crippen LogP contribution >= 0.6 is 0 Å². The summed E-state index contributed by atoms with van der Waals surface area (Å²) < 4.78 is 28.4. The number of ether oxygens (including phenoxy) is 1. The van der Waals surface area contributed by atoms with Crippen molar-refractivity contribution >= 4 is 15.9 Å². The van der Waals surface area contributed by atoms with Crippen molar-refractivity contribution in [1.29, 1.82) is 0 Å². The summed E-state index contributed by atoms with van der Waals surface area (Å²) in [6.45, 7) is 0.284. The van der Waals surface area contributed by atoms with Crippen LogP contribution in [0, 0.1) is 5.92 Å². The van der Waals surface area contributed by atoms with Gasteiger partial charge in [-0.05, 0) is 12.8 Å². The average Bonchev–Trinajstić information content (AvgIpc) is 2.33. The molecule has 0 aromatic rings. The molecule has 0 bridgehead atoms. The first-order valence-electron chi connectivity index (χ1n) is 6.13. The van der Waals surface area contributed by atoms with Gasteiger partial charge in [0.1, 0.15) is 0 Å². The van der Waals surface area contributed by atoms with Crippen LogP contribution in [0.4, 0.5) is 0 Å². The fourth-order valence-corrected chi connectivity index (χ4v) is 2.77. The summed E-state index contributed by atoms with van der Waals surface area (Å²) in [6.07, 6.45) is 5.48. The minimum absolute atomic E-state index is 0.0437. The fraction of sp³-hybridized carbons (Fsp3) is 0.909. The van der Waals surface area contributed by atoms with E-state index in [0.29, 0.717) is 4.47 Å². The van der Waals surface area contributed by atoms with Crippen molar-refractivity contribution in [2.45, 2.75) is 32.1 Å². The third-order valence-electron chi connectivity index (χ3n) is 2.93. The van der Waals surface area contributed by atoms with Gasteiger partial charge < -0.3 is 4.74 Å². The van der Waals surface area contributed by atoms with Crippen LogP contribution in [0.1, 0.15) is 32.1 Å². The van der Waals surface area contributed by atoms with Crippen LogP contribution in [0.3, 0.4) is 0 Å². The quantitative estimate of drug-likeness (QED) is 0.534. The molecule has 1 amide bonds. The van der Waals surface area contributed by atoms with Crippen molar-refractivity contribution in [2.24, 2.45) is 5.92 Å². The van der Waals surface area contributed by atoms with Crippen LogP contribution in [0.25, 0.3) is 0 Å². The topological polar surface area (TPSA) is 72.9 Å². The largest absolute Gasteiger partial charge is 0.382 e. The molecule has 1 aliphatic rings. The van der Waals surface area contributed by atoms with E-state index >= 15 is 0 Å². The Labute approximate surface area is 108 Å². The van der Waals surface area contributed by atoms with E-state index in [1.165, 1.54) is 7.11 Å². The molecule has 1 saturated carbocycles. The minimum Gasteiger partial charge on any atom is -0.382 e. The predicted molar refractivity (Wildman–Crippen MR) is 66.1 cm³/mol. The molecule has 0 atom stereocenters. The zero-order valence-corrected chi connectivity index (χ0v) is 11.7. The summed E-state index contributed by atoms with van der Waals surface area (Å²) in [5.41, 5.74) is 0. The summed E-state index contributed by atoms with van der Waals surface area (Å²) >= 11 is 0. The first-order valence-corrected chi connectivity index (χ1v) is 7.97. The molecule has 18 heavy (non-hydrogen) atoms. The van der Waals surface area contributed by atoms with Crippen molar-refractivity contribution in [1.82, 2.24) is 4.47 Å². The molecule has 7 heteroatoms. The molecule has 0 radical (unpaired) electrons. The predicted octanol–water partition coefficient (Wildman–Crippen LogP) is 0.933. The molecule has 0 aliphatic heterocycles. The highest BCUT2D eigenvalue weighted by atomic mass is 32.2. The minimum atomic E-state index is -3.69. The van der Waals surface area contributed by atoms with E-state index in [1.54, 1.807) is 0 Å². The number of hydrogen-bond donors (Lipinski definition) is 0. The lowest BCUT2D eigenvalue weighted by molar-refractivity contribution is -0.166. The van der Waals surface area contributed by atoms with Crippen LogP contribution in [0.15, 0.2) is 0 Å². The summed E-state index contributed by atoms with van der Waals surface area (Å²) in [4.78, 5) is 17.2. The Morgan fingerprint density at radius 2 is 1.83 bits per heavy atom. The van der Waals surface area contributed by atoms with Crippen LogP contribution in [-0.2, 0) is 24.4 Å². The van der Waals surface area contributed by atoms with Gasteiger partial charge in [-0.15, -0.1) is 4.47 Å². The highest BCUT2D eigenvalue weighted by Crippen LogP contribution is 2.26. The van der Waals surface area contributed by atoms with Crippen molar-refractivity contribution in [3.63, 3.8) is 0 Å². The smallest absolute Gasteiger partial charge is 0.264 e. The second-order valence-corrected chi connectivity index (χ2v) is 6.29. The second-order valence-electron chi connectivity index (χ2n) is 4.49. The SMILES string of the molecule is COCCON(C(=O)C1CCCCC1)S(C)(=O)=O. The third-order valence-corrected chi connectivity index (χ3v) is 3.82. The lowest BCUT2D eigenvalue weighted by atomic mass is 9.89. The maximum atomic E-state index is 12.1. The molecule has 1 rings (SSSR count). The van der Waals surface area contributed by atoms with E-state index in [-0.39, 0.29) is 19.1 Å². The Kier molecular flexibility index (Phi) is 6.04. The summed E-state index contributed by atoms with van der Waals surface area (Å²) in [5.74, 6) is -0.690. The molecule has 0 spiro atoms. The number of hydroxylamine groups is 1. The number of methoxy groups -OCH3 is 1. The normalized spacial score (nSPS) is 17.7. The van der Waals surface area contributed by atoms with Gasteiger partial charge in [0.25, 0.3) is 15.9 Å². The maximum Gasteiger partial charge on any atom is 0.264 e. The van der Waals surface area contributed by atoms with Crippen LogP contribution in [0.5, 0.6) is 0 Å². The van der Waals surface area contributed by atoms with Gasteiger partial charge in [0.15, 0.2) is 0 Å².